The number of aliphatic hydroxyl groups is 1. The fraction of sp³-hybridized carbons (Fsp3) is 0.769. The molecule has 0 radical (unpaired) electrons. The average molecular weight is 286 g/mol. The maximum Gasteiger partial charge on any atom is 0.326 e. The van der Waals surface area contributed by atoms with E-state index in [-0.39, 0.29) is 24.8 Å². The van der Waals surface area contributed by atoms with Crippen molar-refractivity contribution >= 4 is 17.8 Å². The standard InChI is InChI=1S/C13H22N2O5/c1-4-7(2)11(13(19)20)14-12(18)10-5-9(17)6-15(10)8(3)16/h7,9-11,17H,4-6H2,1-3H3,(H,14,18)(H,19,20)/t7-,9+,10-,11+/m0/s1. The van der Waals surface area contributed by atoms with Gasteiger partial charge in [0.1, 0.15) is 12.1 Å². The molecule has 114 valence electrons. The van der Waals surface area contributed by atoms with Gasteiger partial charge in [0.2, 0.25) is 11.8 Å². The number of hydrogen-bond donors (Lipinski definition) is 3. The minimum absolute atomic E-state index is 0.106. The second-order valence-corrected chi connectivity index (χ2v) is 5.29. The predicted molar refractivity (Wildman–Crippen MR) is 70.8 cm³/mol. The quantitative estimate of drug-likeness (QED) is 0.636. The monoisotopic (exact) mass is 286 g/mol. The highest BCUT2D eigenvalue weighted by molar-refractivity contribution is 5.90. The van der Waals surface area contributed by atoms with E-state index in [9.17, 15) is 19.5 Å². The van der Waals surface area contributed by atoms with E-state index in [1.165, 1.54) is 11.8 Å². The number of carbonyl (C=O) groups is 3. The van der Waals surface area contributed by atoms with Gasteiger partial charge in [-0.15, -0.1) is 0 Å². The number of aliphatic hydroxyl groups excluding tert-OH is 1. The number of hydrogen-bond acceptors (Lipinski definition) is 4. The van der Waals surface area contributed by atoms with Gasteiger partial charge < -0.3 is 20.4 Å². The van der Waals surface area contributed by atoms with Crippen molar-refractivity contribution in [1.29, 1.82) is 0 Å². The zero-order valence-corrected chi connectivity index (χ0v) is 12.0. The van der Waals surface area contributed by atoms with Crippen LogP contribution in [0.3, 0.4) is 0 Å². The minimum Gasteiger partial charge on any atom is -0.480 e. The average Bonchev–Trinajstić information content (AvgIpc) is 2.76. The highest BCUT2D eigenvalue weighted by atomic mass is 16.4. The van der Waals surface area contributed by atoms with E-state index >= 15 is 0 Å². The summed E-state index contributed by atoms with van der Waals surface area (Å²) in [6.45, 7) is 5.01. The first-order chi connectivity index (χ1) is 9.27. The normalized spacial score (nSPS) is 25.1. The molecule has 3 N–H and O–H groups in total. The fourth-order valence-corrected chi connectivity index (χ4v) is 2.34. The van der Waals surface area contributed by atoms with Gasteiger partial charge >= 0.3 is 5.97 Å². The van der Waals surface area contributed by atoms with Gasteiger partial charge in [0.05, 0.1) is 6.10 Å². The summed E-state index contributed by atoms with van der Waals surface area (Å²) in [4.78, 5) is 36.1. The summed E-state index contributed by atoms with van der Waals surface area (Å²) < 4.78 is 0. The third-order valence-corrected chi connectivity index (χ3v) is 3.76. The molecule has 7 heteroatoms. The number of rotatable bonds is 5. The number of carboxylic acids is 1. The van der Waals surface area contributed by atoms with E-state index in [0.717, 1.165) is 0 Å². The zero-order chi connectivity index (χ0) is 15.4. The van der Waals surface area contributed by atoms with Gasteiger partial charge in [-0.1, -0.05) is 20.3 Å². The summed E-state index contributed by atoms with van der Waals surface area (Å²) >= 11 is 0. The molecule has 0 aromatic carbocycles. The molecule has 0 unspecified atom stereocenters. The van der Waals surface area contributed by atoms with E-state index in [0.29, 0.717) is 6.42 Å². The van der Waals surface area contributed by atoms with Gasteiger partial charge in [-0.3, -0.25) is 9.59 Å². The maximum absolute atomic E-state index is 12.2. The predicted octanol–water partition coefficient (Wildman–Crippen LogP) is -0.416. The van der Waals surface area contributed by atoms with Crippen molar-refractivity contribution in [2.75, 3.05) is 6.54 Å². The Balaban J connectivity index is 2.78. The summed E-state index contributed by atoms with van der Waals surface area (Å²) in [5.41, 5.74) is 0. The summed E-state index contributed by atoms with van der Waals surface area (Å²) in [7, 11) is 0. The molecule has 7 nitrogen and oxygen atoms in total. The molecule has 1 saturated heterocycles. The Kier molecular flexibility index (Phi) is 5.50. The molecular weight excluding hydrogens is 264 g/mol. The first-order valence-corrected chi connectivity index (χ1v) is 6.76. The third kappa shape index (κ3) is 3.69. The largest absolute Gasteiger partial charge is 0.480 e. The summed E-state index contributed by atoms with van der Waals surface area (Å²) in [5, 5.41) is 21.2. The molecule has 2 amide bonds. The Hall–Kier alpha value is -1.63. The first kappa shape index (κ1) is 16.4. The van der Waals surface area contributed by atoms with Crippen molar-refractivity contribution in [2.45, 2.75) is 51.8 Å². The van der Waals surface area contributed by atoms with Gasteiger partial charge in [0.25, 0.3) is 0 Å². The summed E-state index contributed by atoms with van der Waals surface area (Å²) in [6, 6.07) is -1.78. The van der Waals surface area contributed by atoms with Gasteiger partial charge in [-0.25, -0.2) is 4.79 Å². The first-order valence-electron chi connectivity index (χ1n) is 6.76. The Bertz CT molecular complexity index is 398. The number of nitrogens with zero attached hydrogens (tertiary/aromatic N) is 1. The van der Waals surface area contributed by atoms with E-state index in [2.05, 4.69) is 5.32 Å². The zero-order valence-electron chi connectivity index (χ0n) is 12.0. The van der Waals surface area contributed by atoms with E-state index in [1.807, 2.05) is 6.92 Å². The van der Waals surface area contributed by atoms with Gasteiger partial charge in [0.15, 0.2) is 0 Å². The van der Waals surface area contributed by atoms with Crippen molar-refractivity contribution in [3.05, 3.63) is 0 Å². The number of amides is 2. The van der Waals surface area contributed by atoms with Crippen LogP contribution in [-0.4, -0.2) is 57.6 Å². The molecule has 1 aliphatic rings. The molecule has 0 aromatic rings. The van der Waals surface area contributed by atoms with Gasteiger partial charge in [0, 0.05) is 19.9 Å². The topological polar surface area (TPSA) is 107 Å². The minimum atomic E-state index is -1.10. The van der Waals surface area contributed by atoms with Crippen molar-refractivity contribution in [1.82, 2.24) is 10.2 Å². The summed E-state index contributed by atoms with van der Waals surface area (Å²) in [6.07, 6.45) is 0.000639. The van der Waals surface area contributed by atoms with Crippen molar-refractivity contribution in [3.63, 3.8) is 0 Å². The van der Waals surface area contributed by atoms with Gasteiger partial charge in [-0.2, -0.15) is 0 Å². The molecule has 1 fully saturated rings. The number of likely N-dealkylation sites (tertiary alicyclic amines) is 1. The van der Waals surface area contributed by atoms with E-state index in [4.69, 9.17) is 5.11 Å². The summed E-state index contributed by atoms with van der Waals surface area (Å²) in [5.74, 6) is -2.14. The fourth-order valence-electron chi connectivity index (χ4n) is 2.34. The van der Waals surface area contributed by atoms with Crippen LogP contribution in [0.1, 0.15) is 33.6 Å². The number of carbonyl (C=O) groups excluding carboxylic acids is 2. The van der Waals surface area contributed by atoms with Crippen molar-refractivity contribution < 1.29 is 24.6 Å². The molecule has 0 saturated carbocycles. The van der Waals surface area contributed by atoms with Crippen molar-refractivity contribution in [2.24, 2.45) is 5.92 Å². The van der Waals surface area contributed by atoms with Crippen LogP contribution >= 0.6 is 0 Å². The Labute approximate surface area is 117 Å². The lowest BCUT2D eigenvalue weighted by molar-refractivity contribution is -0.144. The van der Waals surface area contributed by atoms with Crippen LogP contribution in [0.5, 0.6) is 0 Å². The second kappa shape index (κ2) is 6.69. The molecule has 0 spiro atoms. The van der Waals surface area contributed by atoms with Gasteiger partial charge in [-0.05, 0) is 5.92 Å². The molecule has 4 atom stereocenters. The SMILES string of the molecule is CC[C@H](C)[C@@H](NC(=O)[C@@H]1C[C@@H](O)CN1C(C)=O)C(=O)O. The molecular formula is C13H22N2O5. The Morgan fingerprint density at radius 1 is 1.40 bits per heavy atom. The number of nitrogens with one attached hydrogen (secondary N) is 1. The van der Waals surface area contributed by atoms with Crippen LogP contribution in [-0.2, 0) is 14.4 Å². The lowest BCUT2D eigenvalue weighted by Gasteiger charge is -2.26. The van der Waals surface area contributed by atoms with Crippen LogP contribution < -0.4 is 5.32 Å². The van der Waals surface area contributed by atoms with Crippen LogP contribution in [0.4, 0.5) is 0 Å². The highest BCUT2D eigenvalue weighted by Gasteiger charge is 2.39. The molecule has 20 heavy (non-hydrogen) atoms. The molecule has 1 heterocycles. The molecule has 0 bridgehead atoms. The van der Waals surface area contributed by atoms with Crippen LogP contribution in [0.15, 0.2) is 0 Å². The van der Waals surface area contributed by atoms with Crippen LogP contribution in [0, 0.1) is 5.92 Å². The van der Waals surface area contributed by atoms with Crippen LogP contribution in [0.2, 0.25) is 0 Å². The lowest BCUT2D eigenvalue weighted by Crippen LogP contribution is -2.52. The number of carboxylic acid groups (broad SMARTS) is 1. The second-order valence-electron chi connectivity index (χ2n) is 5.29. The Morgan fingerprint density at radius 3 is 2.45 bits per heavy atom. The Morgan fingerprint density at radius 2 is 2.00 bits per heavy atom. The maximum atomic E-state index is 12.2. The highest BCUT2D eigenvalue weighted by Crippen LogP contribution is 2.19. The molecule has 0 aliphatic carbocycles. The third-order valence-electron chi connectivity index (χ3n) is 3.76. The van der Waals surface area contributed by atoms with E-state index in [1.54, 1.807) is 6.92 Å². The van der Waals surface area contributed by atoms with Crippen molar-refractivity contribution in [3.8, 4) is 0 Å². The molecule has 0 aromatic heterocycles. The van der Waals surface area contributed by atoms with Crippen LogP contribution in [0.25, 0.3) is 0 Å². The number of β-amino-alcohol motifs (C(OH)–C–C–N with tert-alkyl or cyclic N) is 1. The lowest BCUT2D eigenvalue weighted by atomic mass is 9.98. The smallest absolute Gasteiger partial charge is 0.326 e. The van der Waals surface area contributed by atoms with E-state index < -0.39 is 30.1 Å². The molecule has 1 rings (SSSR count). The molecule has 1 aliphatic heterocycles. The number of aliphatic carboxylic acids is 1.